The summed E-state index contributed by atoms with van der Waals surface area (Å²) in [6, 6.07) is 6.17. The van der Waals surface area contributed by atoms with E-state index in [0.29, 0.717) is 0 Å². The Hall–Kier alpha value is -0.530. The van der Waals surface area contributed by atoms with Crippen LogP contribution in [0.4, 0.5) is 0 Å². The minimum Gasteiger partial charge on any atom is -0.299 e. The third kappa shape index (κ3) is 2.73. The predicted octanol–water partition coefficient (Wildman–Crippen LogP) is 3.49. The first-order valence-electron chi connectivity index (χ1n) is 5.62. The lowest BCUT2D eigenvalue weighted by molar-refractivity contribution is 0.320. The predicted molar refractivity (Wildman–Crippen MR) is 65.2 cm³/mol. The van der Waals surface area contributed by atoms with E-state index in [4.69, 9.17) is 11.6 Å². The topological polar surface area (TPSA) is 3.24 Å². The van der Waals surface area contributed by atoms with E-state index in [1.807, 2.05) is 6.07 Å². The van der Waals surface area contributed by atoms with Crippen molar-refractivity contribution in [3.8, 4) is 0 Å². The van der Waals surface area contributed by atoms with Crippen LogP contribution in [-0.4, -0.2) is 18.0 Å². The summed E-state index contributed by atoms with van der Waals surface area (Å²) in [6.45, 7) is 7.99. The number of nitrogens with zero attached hydrogens (tertiary/aromatic N) is 1. The molecule has 0 aliphatic carbocycles. The molecule has 1 saturated heterocycles. The summed E-state index contributed by atoms with van der Waals surface area (Å²) in [7, 11) is 0. The maximum absolute atomic E-state index is 6.01. The van der Waals surface area contributed by atoms with Crippen LogP contribution in [-0.2, 0) is 6.54 Å². The highest BCUT2D eigenvalue weighted by molar-refractivity contribution is 6.30. The lowest BCUT2D eigenvalue weighted by Gasteiger charge is -2.17. The fraction of sp³-hybridized carbons (Fsp3) is 0.538. The molecule has 1 aromatic rings. The Balaban J connectivity index is 2.07. The van der Waals surface area contributed by atoms with Crippen molar-refractivity contribution in [1.82, 2.24) is 4.90 Å². The third-order valence-electron chi connectivity index (χ3n) is 3.21. The maximum Gasteiger partial charge on any atom is 0.0409 e. The van der Waals surface area contributed by atoms with Crippen LogP contribution in [0.5, 0.6) is 0 Å². The van der Waals surface area contributed by atoms with Gasteiger partial charge in [-0.2, -0.15) is 0 Å². The van der Waals surface area contributed by atoms with Crippen molar-refractivity contribution in [2.75, 3.05) is 13.1 Å². The Morgan fingerprint density at radius 3 is 2.93 bits per heavy atom. The average Bonchev–Trinajstić information content (AvgIpc) is 2.58. The van der Waals surface area contributed by atoms with E-state index in [0.717, 1.165) is 17.5 Å². The zero-order valence-electron chi connectivity index (χ0n) is 9.46. The van der Waals surface area contributed by atoms with E-state index in [1.54, 1.807) is 0 Å². The molecule has 0 saturated carbocycles. The number of hydrogen-bond donors (Lipinski definition) is 0. The van der Waals surface area contributed by atoms with Gasteiger partial charge in [0.2, 0.25) is 0 Å². The molecule has 0 aromatic heterocycles. The molecule has 1 aliphatic heterocycles. The first-order chi connectivity index (χ1) is 7.15. The van der Waals surface area contributed by atoms with Crippen molar-refractivity contribution in [1.29, 1.82) is 0 Å². The molecule has 1 aromatic carbocycles. The highest BCUT2D eigenvalue weighted by Crippen LogP contribution is 2.21. The van der Waals surface area contributed by atoms with E-state index in [-0.39, 0.29) is 0 Å². The van der Waals surface area contributed by atoms with Gasteiger partial charge >= 0.3 is 0 Å². The minimum absolute atomic E-state index is 0.850. The maximum atomic E-state index is 6.01. The van der Waals surface area contributed by atoms with Gasteiger partial charge in [0.15, 0.2) is 0 Å². The van der Waals surface area contributed by atoms with Crippen molar-refractivity contribution in [2.45, 2.75) is 26.8 Å². The van der Waals surface area contributed by atoms with Crippen LogP contribution in [0.25, 0.3) is 0 Å². The van der Waals surface area contributed by atoms with Crippen LogP contribution in [0.15, 0.2) is 18.2 Å². The normalized spacial score (nSPS) is 22.2. The van der Waals surface area contributed by atoms with Gasteiger partial charge in [-0.15, -0.1) is 0 Å². The average molecular weight is 224 g/mol. The van der Waals surface area contributed by atoms with Gasteiger partial charge in [0, 0.05) is 18.1 Å². The molecule has 0 bridgehead atoms. The molecule has 1 atom stereocenters. The highest BCUT2D eigenvalue weighted by Gasteiger charge is 2.18. The Morgan fingerprint density at radius 1 is 1.47 bits per heavy atom. The second-order valence-electron chi connectivity index (χ2n) is 4.70. The summed E-state index contributed by atoms with van der Waals surface area (Å²) in [4.78, 5) is 2.52. The zero-order valence-corrected chi connectivity index (χ0v) is 10.2. The number of benzene rings is 1. The molecule has 1 heterocycles. The summed E-state index contributed by atoms with van der Waals surface area (Å²) in [5.74, 6) is 0.851. The summed E-state index contributed by atoms with van der Waals surface area (Å²) in [5.41, 5.74) is 2.72. The molecule has 0 N–H and O–H groups in total. The molecule has 2 heteroatoms. The van der Waals surface area contributed by atoms with Crippen molar-refractivity contribution in [2.24, 2.45) is 5.92 Å². The molecule has 0 spiro atoms. The summed E-state index contributed by atoms with van der Waals surface area (Å²) >= 11 is 6.01. The van der Waals surface area contributed by atoms with E-state index >= 15 is 0 Å². The molecule has 1 nitrogen and oxygen atoms in total. The van der Waals surface area contributed by atoms with Crippen LogP contribution in [0.3, 0.4) is 0 Å². The smallest absolute Gasteiger partial charge is 0.0409 e. The Bertz CT molecular complexity index is 348. The van der Waals surface area contributed by atoms with Gasteiger partial charge in [-0.05, 0) is 49.1 Å². The van der Waals surface area contributed by atoms with Gasteiger partial charge in [0.05, 0.1) is 0 Å². The summed E-state index contributed by atoms with van der Waals surface area (Å²) in [5, 5.41) is 0.850. The molecule has 82 valence electrons. The Labute approximate surface area is 97.0 Å². The molecule has 0 amide bonds. The standard InChI is InChI=1S/C13H18ClN/c1-10-5-6-15(8-10)9-12-7-13(14)4-3-11(12)2/h3-4,7,10H,5-6,8-9H2,1-2H3. The molecule has 2 rings (SSSR count). The number of rotatable bonds is 2. The number of likely N-dealkylation sites (tertiary alicyclic amines) is 1. The van der Waals surface area contributed by atoms with Crippen molar-refractivity contribution in [3.05, 3.63) is 34.3 Å². The highest BCUT2D eigenvalue weighted by atomic mass is 35.5. The molecule has 15 heavy (non-hydrogen) atoms. The van der Waals surface area contributed by atoms with Crippen LogP contribution in [0.2, 0.25) is 5.02 Å². The monoisotopic (exact) mass is 223 g/mol. The van der Waals surface area contributed by atoms with E-state index in [2.05, 4.69) is 30.9 Å². The number of hydrogen-bond acceptors (Lipinski definition) is 1. The second kappa shape index (κ2) is 4.54. The summed E-state index contributed by atoms with van der Waals surface area (Å²) < 4.78 is 0. The molecular weight excluding hydrogens is 206 g/mol. The number of aryl methyl sites for hydroxylation is 1. The van der Waals surface area contributed by atoms with Gasteiger partial charge in [0.25, 0.3) is 0 Å². The zero-order chi connectivity index (χ0) is 10.8. The van der Waals surface area contributed by atoms with Crippen LogP contribution in [0.1, 0.15) is 24.5 Å². The largest absolute Gasteiger partial charge is 0.299 e. The van der Waals surface area contributed by atoms with Crippen LogP contribution < -0.4 is 0 Å². The molecular formula is C13H18ClN. The first-order valence-corrected chi connectivity index (χ1v) is 6.00. The summed E-state index contributed by atoms with van der Waals surface area (Å²) in [6.07, 6.45) is 1.33. The van der Waals surface area contributed by atoms with Crippen molar-refractivity contribution < 1.29 is 0 Å². The lowest BCUT2D eigenvalue weighted by atomic mass is 10.1. The van der Waals surface area contributed by atoms with Gasteiger partial charge in [-0.25, -0.2) is 0 Å². The van der Waals surface area contributed by atoms with Crippen molar-refractivity contribution in [3.63, 3.8) is 0 Å². The fourth-order valence-electron chi connectivity index (χ4n) is 2.22. The van der Waals surface area contributed by atoms with Crippen LogP contribution >= 0.6 is 11.6 Å². The number of halogens is 1. The minimum atomic E-state index is 0.850. The van der Waals surface area contributed by atoms with Crippen LogP contribution in [0, 0.1) is 12.8 Å². The Morgan fingerprint density at radius 2 is 2.27 bits per heavy atom. The van der Waals surface area contributed by atoms with E-state index < -0.39 is 0 Å². The first kappa shape index (κ1) is 11.0. The molecule has 1 unspecified atom stereocenters. The molecule has 1 fully saturated rings. The third-order valence-corrected chi connectivity index (χ3v) is 3.45. The quantitative estimate of drug-likeness (QED) is 0.742. The second-order valence-corrected chi connectivity index (χ2v) is 5.14. The van der Waals surface area contributed by atoms with Gasteiger partial charge in [-0.1, -0.05) is 24.6 Å². The Kier molecular flexibility index (Phi) is 3.32. The SMILES string of the molecule is Cc1ccc(Cl)cc1CN1CCC(C)C1. The van der Waals surface area contributed by atoms with E-state index in [9.17, 15) is 0 Å². The van der Waals surface area contributed by atoms with Gasteiger partial charge in [-0.3, -0.25) is 4.90 Å². The molecule has 1 aliphatic rings. The van der Waals surface area contributed by atoms with Crippen molar-refractivity contribution >= 4 is 11.6 Å². The van der Waals surface area contributed by atoms with E-state index in [1.165, 1.54) is 30.6 Å². The molecule has 0 radical (unpaired) electrons. The van der Waals surface area contributed by atoms with Gasteiger partial charge < -0.3 is 0 Å². The lowest BCUT2D eigenvalue weighted by Crippen LogP contribution is -2.20. The van der Waals surface area contributed by atoms with Gasteiger partial charge in [0.1, 0.15) is 0 Å². The fourth-order valence-corrected chi connectivity index (χ4v) is 2.42.